The van der Waals surface area contributed by atoms with Gasteiger partial charge >= 0.3 is 0 Å². The van der Waals surface area contributed by atoms with Gasteiger partial charge in [-0.2, -0.15) is 11.8 Å². The third-order valence-electron chi connectivity index (χ3n) is 3.77. The van der Waals surface area contributed by atoms with Gasteiger partial charge in [0.25, 0.3) is 0 Å². The predicted octanol–water partition coefficient (Wildman–Crippen LogP) is 5.38. The third-order valence-corrected chi connectivity index (χ3v) is 6.46. The van der Waals surface area contributed by atoms with Crippen LogP contribution in [0.15, 0.2) is 52.3 Å². The summed E-state index contributed by atoms with van der Waals surface area (Å²) in [4.78, 5) is 4.97. The first-order valence-electron chi connectivity index (χ1n) is 7.45. The molecule has 0 bridgehead atoms. The Morgan fingerprint density at radius 2 is 2.00 bits per heavy atom. The minimum absolute atomic E-state index is 0.503. The van der Waals surface area contributed by atoms with E-state index in [1.54, 1.807) is 0 Å². The van der Waals surface area contributed by atoms with E-state index in [1.807, 2.05) is 17.8 Å². The quantitative estimate of drug-likeness (QED) is 0.729. The summed E-state index contributed by atoms with van der Waals surface area (Å²) >= 11 is 10.1. The molecule has 0 aromatic heterocycles. The molecule has 0 saturated carbocycles. The van der Waals surface area contributed by atoms with E-state index in [9.17, 15) is 0 Å². The average Bonchev–Trinajstić information content (AvgIpc) is 2.63. The van der Waals surface area contributed by atoms with Crippen molar-refractivity contribution in [2.24, 2.45) is 0 Å². The molecule has 2 aromatic rings. The lowest BCUT2D eigenvalue weighted by molar-refractivity contribution is 0.437. The highest BCUT2D eigenvalue weighted by atomic mass is 35.5. The lowest BCUT2D eigenvalue weighted by Crippen LogP contribution is -2.15. The van der Waals surface area contributed by atoms with E-state index in [2.05, 4.69) is 67.2 Å². The van der Waals surface area contributed by atoms with Crippen molar-refractivity contribution in [3.63, 3.8) is 0 Å². The molecule has 1 nitrogen and oxygen atoms in total. The normalized spacial score (nSPS) is 17.0. The number of benzene rings is 2. The van der Waals surface area contributed by atoms with E-state index >= 15 is 0 Å². The van der Waals surface area contributed by atoms with Gasteiger partial charge in [0.2, 0.25) is 0 Å². The Kier molecular flexibility index (Phi) is 5.40. The molecule has 22 heavy (non-hydrogen) atoms. The fourth-order valence-electron chi connectivity index (χ4n) is 2.60. The standard InChI is InChI=1S/C18H20ClNS2/c1-20(2)9-10-21-18-12-13-11-14(19)7-8-16(13)22-17-6-4-3-5-15(17)18/h3-8,11,18H,9-10,12H2,1-2H3. The number of hydrogen-bond acceptors (Lipinski definition) is 3. The number of rotatable bonds is 4. The van der Waals surface area contributed by atoms with E-state index in [0.717, 1.165) is 23.7 Å². The van der Waals surface area contributed by atoms with Crippen LogP contribution >= 0.6 is 35.1 Å². The van der Waals surface area contributed by atoms with Gasteiger partial charge in [-0.3, -0.25) is 0 Å². The monoisotopic (exact) mass is 349 g/mol. The Hall–Kier alpha value is -0.610. The molecule has 4 heteroatoms. The highest BCUT2D eigenvalue weighted by Gasteiger charge is 2.22. The molecule has 0 spiro atoms. The zero-order valence-corrected chi connectivity index (χ0v) is 15.3. The first-order chi connectivity index (χ1) is 10.6. The topological polar surface area (TPSA) is 3.24 Å². The lowest BCUT2D eigenvalue weighted by Gasteiger charge is -2.18. The van der Waals surface area contributed by atoms with Crippen molar-refractivity contribution < 1.29 is 0 Å². The van der Waals surface area contributed by atoms with E-state index < -0.39 is 0 Å². The second-order valence-electron chi connectivity index (χ2n) is 5.76. The van der Waals surface area contributed by atoms with Crippen LogP contribution in [0.1, 0.15) is 16.4 Å². The number of halogens is 1. The van der Waals surface area contributed by atoms with E-state index in [0.29, 0.717) is 5.25 Å². The maximum Gasteiger partial charge on any atom is 0.0409 e. The largest absolute Gasteiger partial charge is 0.309 e. The van der Waals surface area contributed by atoms with Gasteiger partial charge in [0.15, 0.2) is 0 Å². The van der Waals surface area contributed by atoms with Gasteiger partial charge in [-0.15, -0.1) is 0 Å². The molecule has 0 radical (unpaired) electrons. The predicted molar refractivity (Wildman–Crippen MR) is 99.5 cm³/mol. The van der Waals surface area contributed by atoms with Crippen LogP contribution in [0, 0.1) is 0 Å². The van der Waals surface area contributed by atoms with Crippen LogP contribution in [-0.4, -0.2) is 31.3 Å². The van der Waals surface area contributed by atoms with Gasteiger partial charge < -0.3 is 4.90 Å². The lowest BCUT2D eigenvalue weighted by atomic mass is 10.0. The molecular weight excluding hydrogens is 330 g/mol. The molecule has 0 aliphatic carbocycles. The van der Waals surface area contributed by atoms with Crippen LogP contribution in [-0.2, 0) is 6.42 Å². The van der Waals surface area contributed by atoms with Crippen molar-refractivity contribution in [1.29, 1.82) is 0 Å². The van der Waals surface area contributed by atoms with Crippen LogP contribution in [0.2, 0.25) is 5.02 Å². The van der Waals surface area contributed by atoms with Gasteiger partial charge in [-0.05, 0) is 55.9 Å². The van der Waals surface area contributed by atoms with Crippen molar-refractivity contribution >= 4 is 35.1 Å². The molecule has 0 amide bonds. The first kappa shape index (κ1) is 16.3. The number of fused-ring (bicyclic) bond motifs is 2. The molecule has 0 N–H and O–H groups in total. The summed E-state index contributed by atoms with van der Waals surface area (Å²) in [7, 11) is 4.26. The number of hydrogen-bond donors (Lipinski definition) is 0. The molecule has 1 unspecified atom stereocenters. The minimum Gasteiger partial charge on any atom is -0.309 e. The second kappa shape index (κ2) is 7.31. The summed E-state index contributed by atoms with van der Waals surface area (Å²) < 4.78 is 0. The summed E-state index contributed by atoms with van der Waals surface area (Å²) in [6.07, 6.45) is 1.05. The molecule has 2 aromatic carbocycles. The van der Waals surface area contributed by atoms with E-state index in [1.165, 1.54) is 20.9 Å². The van der Waals surface area contributed by atoms with Gasteiger partial charge in [-0.1, -0.05) is 41.6 Å². The van der Waals surface area contributed by atoms with Crippen LogP contribution in [0.5, 0.6) is 0 Å². The Morgan fingerprint density at radius 1 is 1.18 bits per heavy atom. The SMILES string of the molecule is CN(C)CCSC1Cc2cc(Cl)ccc2Sc2ccccc21. The van der Waals surface area contributed by atoms with Crippen molar-refractivity contribution in [1.82, 2.24) is 4.90 Å². The summed E-state index contributed by atoms with van der Waals surface area (Å²) in [6.45, 7) is 1.11. The molecule has 1 heterocycles. The number of nitrogens with zero attached hydrogens (tertiary/aromatic N) is 1. The van der Waals surface area contributed by atoms with Crippen LogP contribution in [0.25, 0.3) is 0 Å². The Labute approximate surface area is 146 Å². The molecule has 0 saturated heterocycles. The average molecular weight is 350 g/mol. The molecule has 1 atom stereocenters. The second-order valence-corrected chi connectivity index (χ2v) is 8.59. The number of thioether (sulfide) groups is 1. The smallest absolute Gasteiger partial charge is 0.0409 e. The maximum absolute atomic E-state index is 6.21. The molecule has 1 aliphatic heterocycles. The van der Waals surface area contributed by atoms with Gasteiger partial charge in [-0.25, -0.2) is 0 Å². The zero-order chi connectivity index (χ0) is 15.5. The zero-order valence-electron chi connectivity index (χ0n) is 12.9. The Morgan fingerprint density at radius 3 is 2.82 bits per heavy atom. The highest BCUT2D eigenvalue weighted by molar-refractivity contribution is 8.00. The summed E-state index contributed by atoms with van der Waals surface area (Å²) in [5.74, 6) is 1.15. The van der Waals surface area contributed by atoms with Crippen molar-refractivity contribution in [3.05, 3.63) is 58.6 Å². The van der Waals surface area contributed by atoms with E-state index in [-0.39, 0.29) is 0 Å². The molecule has 1 aliphatic rings. The molecule has 0 fully saturated rings. The van der Waals surface area contributed by atoms with Gasteiger partial charge in [0.05, 0.1) is 0 Å². The highest BCUT2D eigenvalue weighted by Crippen LogP contribution is 2.45. The third kappa shape index (κ3) is 3.83. The van der Waals surface area contributed by atoms with Crippen LogP contribution < -0.4 is 0 Å². The molecular formula is C18H20ClNS2. The van der Waals surface area contributed by atoms with Crippen LogP contribution in [0.3, 0.4) is 0 Å². The molecule has 3 rings (SSSR count). The van der Waals surface area contributed by atoms with Crippen molar-refractivity contribution in [3.8, 4) is 0 Å². The minimum atomic E-state index is 0.503. The Balaban J connectivity index is 1.90. The van der Waals surface area contributed by atoms with Crippen molar-refractivity contribution in [2.75, 3.05) is 26.4 Å². The fourth-order valence-corrected chi connectivity index (χ4v) is 5.43. The van der Waals surface area contributed by atoms with Gasteiger partial charge in [0, 0.05) is 32.4 Å². The Bertz CT molecular complexity index is 657. The fraction of sp³-hybridized carbons (Fsp3) is 0.333. The first-order valence-corrected chi connectivity index (χ1v) is 9.69. The van der Waals surface area contributed by atoms with Gasteiger partial charge in [0.1, 0.15) is 0 Å². The van der Waals surface area contributed by atoms with Crippen molar-refractivity contribution in [2.45, 2.75) is 21.5 Å². The van der Waals surface area contributed by atoms with E-state index in [4.69, 9.17) is 11.6 Å². The summed E-state index contributed by atoms with van der Waals surface area (Å²) in [6, 6.07) is 15.1. The maximum atomic E-state index is 6.21. The summed E-state index contributed by atoms with van der Waals surface area (Å²) in [5, 5.41) is 1.34. The molecule has 116 valence electrons. The van der Waals surface area contributed by atoms with Crippen LogP contribution in [0.4, 0.5) is 0 Å². The summed E-state index contributed by atoms with van der Waals surface area (Å²) in [5.41, 5.74) is 2.83.